The fourth-order valence-electron chi connectivity index (χ4n) is 4.12. The van der Waals surface area contributed by atoms with E-state index in [4.69, 9.17) is 14.5 Å². The summed E-state index contributed by atoms with van der Waals surface area (Å²) in [4.78, 5) is 29.9. The molecule has 0 unspecified atom stereocenters. The van der Waals surface area contributed by atoms with Gasteiger partial charge in [0.1, 0.15) is 11.9 Å². The highest BCUT2D eigenvalue weighted by Crippen LogP contribution is 2.40. The van der Waals surface area contributed by atoms with Gasteiger partial charge in [-0.1, -0.05) is 24.3 Å². The molecule has 1 atom stereocenters. The number of nitroso groups, excluding NO2 is 1. The van der Waals surface area contributed by atoms with Gasteiger partial charge in [0.2, 0.25) is 0 Å². The molecule has 1 saturated heterocycles. The topological polar surface area (TPSA) is 77.9 Å². The SMILES string of the molecule is Cc1c(-c2cc(C(=O)N=O)c3c(O[C@@H](C)C4COC4)ccc(C)c3n2)sc2ccccc12. The van der Waals surface area contributed by atoms with E-state index in [1.54, 1.807) is 17.4 Å². The van der Waals surface area contributed by atoms with E-state index in [2.05, 4.69) is 17.3 Å². The maximum Gasteiger partial charge on any atom is 0.317 e. The molecule has 32 heavy (non-hydrogen) atoms. The number of amides is 1. The number of carbonyl (C=O) groups excluding carboxylic acids is 1. The molecule has 0 radical (unpaired) electrons. The normalized spacial score (nSPS) is 15.0. The highest BCUT2D eigenvalue weighted by atomic mass is 32.1. The molecule has 4 aromatic rings. The van der Waals surface area contributed by atoms with E-state index in [9.17, 15) is 9.70 Å². The van der Waals surface area contributed by atoms with E-state index < -0.39 is 5.91 Å². The van der Waals surface area contributed by atoms with E-state index in [-0.39, 0.29) is 11.7 Å². The molecular weight excluding hydrogens is 424 g/mol. The molecule has 3 heterocycles. The van der Waals surface area contributed by atoms with Crippen molar-refractivity contribution < 1.29 is 14.3 Å². The Bertz CT molecular complexity index is 1370. The molecule has 0 aliphatic carbocycles. The van der Waals surface area contributed by atoms with Gasteiger partial charge in [-0.3, -0.25) is 4.79 Å². The van der Waals surface area contributed by atoms with Gasteiger partial charge < -0.3 is 9.47 Å². The molecule has 162 valence electrons. The average Bonchev–Trinajstić information content (AvgIpc) is 3.10. The lowest BCUT2D eigenvalue weighted by Crippen LogP contribution is -2.39. The Kier molecular flexibility index (Phi) is 5.23. The Morgan fingerprint density at radius 1 is 1.22 bits per heavy atom. The number of thiophene rings is 1. The molecule has 0 bridgehead atoms. The minimum absolute atomic E-state index is 0.0914. The number of hydrogen-bond donors (Lipinski definition) is 0. The molecule has 0 N–H and O–H groups in total. The Labute approximate surface area is 189 Å². The maximum atomic E-state index is 12.6. The van der Waals surface area contributed by atoms with Crippen molar-refractivity contribution >= 4 is 38.2 Å². The maximum absolute atomic E-state index is 12.6. The summed E-state index contributed by atoms with van der Waals surface area (Å²) in [6.45, 7) is 7.28. The van der Waals surface area contributed by atoms with E-state index in [0.717, 1.165) is 26.1 Å². The molecule has 1 aliphatic heterocycles. The number of carbonyl (C=O) groups is 1. The molecule has 1 fully saturated rings. The number of aryl methyl sites for hydroxylation is 2. The van der Waals surface area contributed by atoms with Crippen LogP contribution < -0.4 is 4.74 Å². The smallest absolute Gasteiger partial charge is 0.317 e. The number of pyridine rings is 1. The van der Waals surface area contributed by atoms with Gasteiger partial charge in [0, 0.05) is 15.8 Å². The van der Waals surface area contributed by atoms with Crippen molar-refractivity contribution in [2.24, 2.45) is 11.1 Å². The van der Waals surface area contributed by atoms with Crippen LogP contribution in [0.3, 0.4) is 0 Å². The van der Waals surface area contributed by atoms with Crippen molar-refractivity contribution in [3.8, 4) is 16.3 Å². The van der Waals surface area contributed by atoms with Crippen molar-refractivity contribution in [1.29, 1.82) is 0 Å². The number of hydrogen-bond acceptors (Lipinski definition) is 6. The first-order chi connectivity index (χ1) is 15.5. The summed E-state index contributed by atoms with van der Waals surface area (Å²) in [6.07, 6.45) is -0.0914. The van der Waals surface area contributed by atoms with E-state index >= 15 is 0 Å². The number of rotatable bonds is 5. The molecular formula is C25H22N2O4S. The zero-order chi connectivity index (χ0) is 22.4. The first kappa shape index (κ1) is 20.7. The molecule has 7 heteroatoms. The van der Waals surface area contributed by atoms with Gasteiger partial charge in [-0.15, -0.1) is 16.2 Å². The van der Waals surface area contributed by atoms with Crippen molar-refractivity contribution in [3.05, 3.63) is 64.1 Å². The van der Waals surface area contributed by atoms with Crippen LogP contribution in [0, 0.1) is 24.7 Å². The highest BCUT2D eigenvalue weighted by molar-refractivity contribution is 7.22. The van der Waals surface area contributed by atoms with Crippen LogP contribution in [0.25, 0.3) is 31.6 Å². The van der Waals surface area contributed by atoms with Gasteiger partial charge in [0.05, 0.1) is 40.3 Å². The molecule has 0 spiro atoms. The average molecular weight is 447 g/mol. The monoisotopic (exact) mass is 446 g/mol. The zero-order valence-corrected chi connectivity index (χ0v) is 18.9. The minimum atomic E-state index is -0.826. The van der Waals surface area contributed by atoms with E-state index in [1.807, 2.05) is 45.0 Å². The molecule has 2 aromatic carbocycles. The fourth-order valence-corrected chi connectivity index (χ4v) is 5.29. The number of fused-ring (bicyclic) bond motifs is 2. The summed E-state index contributed by atoms with van der Waals surface area (Å²) in [5.41, 5.74) is 3.50. The molecule has 1 amide bonds. The summed E-state index contributed by atoms with van der Waals surface area (Å²) >= 11 is 1.62. The number of nitrogens with zero attached hydrogens (tertiary/aromatic N) is 2. The van der Waals surface area contributed by atoms with Crippen molar-refractivity contribution in [3.63, 3.8) is 0 Å². The lowest BCUT2D eigenvalue weighted by molar-refractivity contribution is -0.0773. The standard InChI is InChI=1S/C25H22N2O4S/c1-13-8-9-20(31-15(3)16-11-30-12-16)22-18(25(28)27-29)10-19(26-23(13)22)24-14(2)17-6-4-5-7-21(17)32-24/h4-10,15-16H,11-12H2,1-3H3/t15-/m0/s1. The number of benzene rings is 2. The molecule has 6 nitrogen and oxygen atoms in total. The third-order valence-corrected chi connectivity index (χ3v) is 7.45. The number of aromatic nitrogens is 1. The third kappa shape index (κ3) is 3.38. The fraction of sp³-hybridized carbons (Fsp3) is 0.280. The quantitative estimate of drug-likeness (QED) is 0.349. The Morgan fingerprint density at radius 2 is 2.00 bits per heavy atom. The molecule has 1 aliphatic rings. The molecule has 2 aromatic heterocycles. The van der Waals surface area contributed by atoms with Gasteiger partial charge in [0.15, 0.2) is 0 Å². The van der Waals surface area contributed by atoms with E-state index in [0.29, 0.717) is 41.5 Å². The first-order valence-corrected chi connectivity index (χ1v) is 11.3. The summed E-state index contributed by atoms with van der Waals surface area (Å²) in [5.74, 6) is -0.000242. The van der Waals surface area contributed by atoms with Gasteiger partial charge in [-0.2, -0.15) is 0 Å². The molecule has 5 rings (SSSR count). The second-order valence-corrected chi connectivity index (χ2v) is 9.28. The minimum Gasteiger partial charge on any atom is -0.490 e. The summed E-state index contributed by atoms with van der Waals surface area (Å²) in [6, 6.07) is 13.6. The summed E-state index contributed by atoms with van der Waals surface area (Å²) in [5, 5.41) is 4.42. The highest BCUT2D eigenvalue weighted by Gasteiger charge is 2.28. The first-order valence-electron chi connectivity index (χ1n) is 10.5. The van der Waals surface area contributed by atoms with Crippen molar-refractivity contribution in [1.82, 2.24) is 4.98 Å². The second kappa shape index (κ2) is 8.07. The van der Waals surface area contributed by atoms with Crippen LogP contribution >= 0.6 is 11.3 Å². The predicted octanol–water partition coefficient (Wildman–Crippen LogP) is 6.05. The van der Waals surface area contributed by atoms with Crippen molar-refractivity contribution in [2.75, 3.05) is 13.2 Å². The van der Waals surface area contributed by atoms with Crippen LogP contribution in [0.5, 0.6) is 5.75 Å². The second-order valence-electron chi connectivity index (χ2n) is 8.23. The lowest BCUT2D eigenvalue weighted by Gasteiger charge is -2.32. The third-order valence-electron chi connectivity index (χ3n) is 6.15. The molecule has 0 saturated carbocycles. The van der Waals surface area contributed by atoms with Gasteiger partial charge >= 0.3 is 5.91 Å². The van der Waals surface area contributed by atoms with Crippen LogP contribution in [0.1, 0.15) is 28.4 Å². The zero-order valence-electron chi connectivity index (χ0n) is 18.0. The lowest BCUT2D eigenvalue weighted by atomic mass is 10.00. The van der Waals surface area contributed by atoms with Crippen LogP contribution in [0.4, 0.5) is 0 Å². The summed E-state index contributed by atoms with van der Waals surface area (Å²) in [7, 11) is 0. The summed E-state index contributed by atoms with van der Waals surface area (Å²) < 4.78 is 12.7. The van der Waals surface area contributed by atoms with Gasteiger partial charge in [-0.25, -0.2) is 4.98 Å². The van der Waals surface area contributed by atoms with Crippen LogP contribution in [0.2, 0.25) is 0 Å². The largest absolute Gasteiger partial charge is 0.490 e. The van der Waals surface area contributed by atoms with E-state index in [1.165, 1.54) is 0 Å². The van der Waals surface area contributed by atoms with Crippen LogP contribution in [0.15, 0.2) is 47.6 Å². The van der Waals surface area contributed by atoms with Crippen LogP contribution in [-0.2, 0) is 4.74 Å². The van der Waals surface area contributed by atoms with Crippen LogP contribution in [-0.4, -0.2) is 30.2 Å². The van der Waals surface area contributed by atoms with Gasteiger partial charge in [-0.05, 0) is 55.5 Å². The number of ether oxygens (including phenoxy) is 2. The Hall–Kier alpha value is -3.16. The Morgan fingerprint density at radius 3 is 2.69 bits per heavy atom. The Balaban J connectivity index is 1.73. The van der Waals surface area contributed by atoms with Crippen molar-refractivity contribution in [2.45, 2.75) is 26.9 Å². The predicted molar refractivity (Wildman–Crippen MR) is 127 cm³/mol. The van der Waals surface area contributed by atoms with Gasteiger partial charge in [0.25, 0.3) is 0 Å².